The van der Waals surface area contributed by atoms with E-state index < -0.39 is 10.8 Å². The molecule has 0 radical (unpaired) electrons. The van der Waals surface area contributed by atoms with Gasteiger partial charge >= 0.3 is 0 Å². The van der Waals surface area contributed by atoms with E-state index in [-0.39, 0.29) is 11.8 Å². The Kier molecular flexibility index (Phi) is 5.62. The summed E-state index contributed by atoms with van der Waals surface area (Å²) in [6.45, 7) is 7.31. The van der Waals surface area contributed by atoms with Crippen LogP contribution >= 0.6 is 11.8 Å². The maximum atomic E-state index is 12.4. The number of H-pyrrole nitrogens is 1. The zero-order valence-corrected chi connectivity index (χ0v) is 15.0. The number of hydrogen-bond acceptors (Lipinski definition) is 5. The topological polar surface area (TPSA) is 94.5 Å². The van der Waals surface area contributed by atoms with Gasteiger partial charge in [-0.05, 0) is 19.8 Å². The predicted molar refractivity (Wildman–Crippen MR) is 94.1 cm³/mol. The first-order valence-electron chi connectivity index (χ1n) is 7.73. The number of thioether (sulfide) groups is 1. The van der Waals surface area contributed by atoms with Crippen molar-refractivity contribution in [3.05, 3.63) is 30.3 Å². The largest absolute Gasteiger partial charge is 0.337 e. The molecule has 0 fully saturated rings. The summed E-state index contributed by atoms with van der Waals surface area (Å²) in [6, 6.07) is 11.8. The highest BCUT2D eigenvalue weighted by Crippen LogP contribution is 2.24. The number of benzene rings is 1. The van der Waals surface area contributed by atoms with Crippen LogP contribution in [0.2, 0.25) is 0 Å². The van der Waals surface area contributed by atoms with E-state index in [1.807, 2.05) is 44.2 Å². The van der Waals surface area contributed by atoms with Gasteiger partial charge in [0.2, 0.25) is 11.1 Å². The van der Waals surface area contributed by atoms with Crippen molar-refractivity contribution < 1.29 is 4.79 Å². The van der Waals surface area contributed by atoms with Gasteiger partial charge in [0.1, 0.15) is 5.54 Å². The van der Waals surface area contributed by atoms with Crippen LogP contribution in [0.4, 0.5) is 0 Å². The molecule has 6 nitrogen and oxygen atoms in total. The number of aromatic nitrogens is 3. The zero-order chi connectivity index (χ0) is 17.7. The lowest BCUT2D eigenvalue weighted by Crippen LogP contribution is -2.51. The molecule has 1 aromatic heterocycles. The molecule has 0 aliphatic carbocycles. The van der Waals surface area contributed by atoms with Crippen LogP contribution in [-0.4, -0.2) is 31.9 Å². The van der Waals surface area contributed by atoms with Crippen molar-refractivity contribution in [2.45, 2.75) is 43.6 Å². The van der Waals surface area contributed by atoms with Crippen molar-refractivity contribution >= 4 is 17.7 Å². The van der Waals surface area contributed by atoms with Crippen LogP contribution in [0.15, 0.2) is 35.5 Å². The van der Waals surface area contributed by atoms with Crippen molar-refractivity contribution in [2.24, 2.45) is 5.92 Å². The molecule has 7 heteroatoms. The highest BCUT2D eigenvalue weighted by Gasteiger charge is 2.32. The summed E-state index contributed by atoms with van der Waals surface area (Å²) < 4.78 is 0. The molecule has 0 saturated carbocycles. The fraction of sp³-hybridized carbons (Fsp3) is 0.412. The molecule has 0 spiro atoms. The predicted octanol–water partition coefficient (Wildman–Crippen LogP) is 3.01. The van der Waals surface area contributed by atoms with E-state index in [1.165, 1.54) is 11.8 Å². The third-order valence-electron chi connectivity index (χ3n) is 3.93. The molecular formula is C17H21N5OS. The van der Waals surface area contributed by atoms with Crippen molar-refractivity contribution in [2.75, 3.05) is 0 Å². The number of amides is 1. The van der Waals surface area contributed by atoms with E-state index >= 15 is 0 Å². The molecule has 2 rings (SSSR count). The van der Waals surface area contributed by atoms with Crippen LogP contribution in [0, 0.1) is 17.2 Å². The van der Waals surface area contributed by atoms with Crippen molar-refractivity contribution in [1.29, 1.82) is 5.26 Å². The van der Waals surface area contributed by atoms with Crippen molar-refractivity contribution in [3.63, 3.8) is 0 Å². The van der Waals surface area contributed by atoms with Gasteiger partial charge in [0.25, 0.3) is 0 Å². The number of rotatable bonds is 6. The van der Waals surface area contributed by atoms with E-state index in [9.17, 15) is 10.1 Å². The second kappa shape index (κ2) is 7.49. The number of aromatic amines is 1. The molecule has 1 aromatic carbocycles. The highest BCUT2D eigenvalue weighted by molar-refractivity contribution is 8.00. The maximum Gasteiger partial charge on any atom is 0.234 e. The zero-order valence-electron chi connectivity index (χ0n) is 14.2. The van der Waals surface area contributed by atoms with Gasteiger partial charge in [0.05, 0.1) is 11.3 Å². The fourth-order valence-corrected chi connectivity index (χ4v) is 2.62. The van der Waals surface area contributed by atoms with Crippen LogP contribution in [0.5, 0.6) is 0 Å². The fourth-order valence-electron chi connectivity index (χ4n) is 1.89. The lowest BCUT2D eigenvalue weighted by atomic mass is 9.90. The van der Waals surface area contributed by atoms with Gasteiger partial charge in [-0.2, -0.15) is 5.26 Å². The van der Waals surface area contributed by atoms with Crippen LogP contribution in [0.25, 0.3) is 11.4 Å². The Morgan fingerprint density at radius 1 is 1.33 bits per heavy atom. The normalized spacial score (nSPS) is 14.7. The summed E-state index contributed by atoms with van der Waals surface area (Å²) in [5.74, 6) is 0.468. The molecule has 0 bridgehead atoms. The summed E-state index contributed by atoms with van der Waals surface area (Å²) in [5.41, 5.74) is 0.0472. The molecule has 2 atom stereocenters. The number of nitrogens with one attached hydrogen (secondary N) is 2. The Morgan fingerprint density at radius 2 is 2.00 bits per heavy atom. The molecule has 1 heterocycles. The van der Waals surface area contributed by atoms with Crippen molar-refractivity contribution in [3.8, 4) is 17.5 Å². The first kappa shape index (κ1) is 18.0. The molecule has 0 unspecified atom stereocenters. The first-order valence-corrected chi connectivity index (χ1v) is 8.61. The van der Waals surface area contributed by atoms with Gasteiger partial charge in [-0.25, -0.2) is 4.98 Å². The second-order valence-corrected chi connectivity index (χ2v) is 7.36. The van der Waals surface area contributed by atoms with Crippen LogP contribution < -0.4 is 5.32 Å². The Labute approximate surface area is 146 Å². The van der Waals surface area contributed by atoms with Gasteiger partial charge in [0.15, 0.2) is 5.82 Å². The van der Waals surface area contributed by atoms with E-state index in [0.29, 0.717) is 11.0 Å². The van der Waals surface area contributed by atoms with E-state index in [4.69, 9.17) is 0 Å². The quantitative estimate of drug-likeness (QED) is 0.786. The van der Waals surface area contributed by atoms with Gasteiger partial charge in [-0.1, -0.05) is 55.9 Å². The second-order valence-electron chi connectivity index (χ2n) is 6.05. The van der Waals surface area contributed by atoms with Gasteiger partial charge in [0, 0.05) is 5.56 Å². The lowest BCUT2D eigenvalue weighted by molar-refractivity contribution is -0.121. The minimum Gasteiger partial charge on any atom is -0.337 e. The van der Waals surface area contributed by atoms with Crippen LogP contribution in [0.3, 0.4) is 0 Å². The first-order chi connectivity index (χ1) is 11.4. The summed E-state index contributed by atoms with van der Waals surface area (Å²) in [6.07, 6.45) is 0. The Hall–Kier alpha value is -2.33. The molecule has 2 aromatic rings. The Bertz CT molecular complexity index is 737. The van der Waals surface area contributed by atoms with E-state index in [1.54, 1.807) is 13.8 Å². The minimum atomic E-state index is -0.889. The maximum absolute atomic E-state index is 12.4. The standard InChI is InChI=1S/C17H21N5OS/c1-11(2)17(4,10-18)20-15(23)12(3)24-16-19-14(21-22-16)13-8-6-5-7-9-13/h5-9,11-12H,1-4H3,(H,20,23)(H,19,21,22)/t12-,17-/m1/s1. The Balaban J connectivity index is 2.02. The third kappa shape index (κ3) is 4.15. The molecule has 0 saturated heterocycles. The molecule has 126 valence electrons. The molecule has 0 aliphatic heterocycles. The molecule has 0 aliphatic rings. The minimum absolute atomic E-state index is 0.0110. The molecule has 1 amide bonds. The number of carbonyl (C=O) groups excluding carboxylic acids is 1. The SMILES string of the molecule is CC(C)[C@@](C)(C#N)NC(=O)[C@@H](C)Sc1n[nH]c(-c2ccccc2)n1. The summed E-state index contributed by atoms with van der Waals surface area (Å²) >= 11 is 1.26. The summed E-state index contributed by atoms with van der Waals surface area (Å²) in [4.78, 5) is 16.8. The lowest BCUT2D eigenvalue weighted by Gasteiger charge is -2.28. The number of carbonyl (C=O) groups is 1. The van der Waals surface area contributed by atoms with Gasteiger partial charge < -0.3 is 5.32 Å². The average molecular weight is 343 g/mol. The summed E-state index contributed by atoms with van der Waals surface area (Å²) in [7, 11) is 0. The smallest absolute Gasteiger partial charge is 0.234 e. The van der Waals surface area contributed by atoms with Crippen LogP contribution in [0.1, 0.15) is 27.7 Å². The third-order valence-corrected chi connectivity index (χ3v) is 4.89. The number of nitrogens with zero attached hydrogens (tertiary/aromatic N) is 3. The molecular weight excluding hydrogens is 322 g/mol. The Morgan fingerprint density at radius 3 is 2.58 bits per heavy atom. The number of hydrogen-bond donors (Lipinski definition) is 2. The van der Waals surface area contributed by atoms with E-state index in [2.05, 4.69) is 26.6 Å². The van der Waals surface area contributed by atoms with Gasteiger partial charge in [-0.3, -0.25) is 9.89 Å². The summed E-state index contributed by atoms with van der Waals surface area (Å²) in [5, 5.41) is 19.2. The van der Waals surface area contributed by atoms with Crippen molar-refractivity contribution in [1.82, 2.24) is 20.5 Å². The van der Waals surface area contributed by atoms with Crippen LogP contribution in [-0.2, 0) is 4.79 Å². The molecule has 24 heavy (non-hydrogen) atoms. The highest BCUT2D eigenvalue weighted by atomic mass is 32.2. The molecule has 2 N–H and O–H groups in total. The monoisotopic (exact) mass is 343 g/mol. The number of nitriles is 1. The van der Waals surface area contributed by atoms with Gasteiger partial charge in [-0.15, -0.1) is 5.10 Å². The van der Waals surface area contributed by atoms with E-state index in [0.717, 1.165) is 5.56 Å². The average Bonchev–Trinajstić information content (AvgIpc) is 3.03.